The van der Waals surface area contributed by atoms with Gasteiger partial charge in [0, 0.05) is 18.6 Å². The highest BCUT2D eigenvalue weighted by Crippen LogP contribution is 2.28. The van der Waals surface area contributed by atoms with Gasteiger partial charge in [0.05, 0.1) is 4.88 Å². The van der Waals surface area contributed by atoms with E-state index >= 15 is 0 Å². The molecule has 0 aliphatic rings. The van der Waals surface area contributed by atoms with Gasteiger partial charge in [0.15, 0.2) is 0 Å². The molecule has 0 fully saturated rings. The van der Waals surface area contributed by atoms with Crippen LogP contribution in [0.15, 0.2) is 16.7 Å². The van der Waals surface area contributed by atoms with E-state index in [4.69, 9.17) is 9.26 Å². The number of nitrogens with zero attached hydrogens (tertiary/aromatic N) is 2. The van der Waals surface area contributed by atoms with Crippen LogP contribution >= 0.6 is 11.5 Å². The number of hydrogen-bond donors (Lipinski definition) is 1. The Morgan fingerprint density at radius 3 is 2.74 bits per heavy atom. The largest absolute Gasteiger partial charge is 0.493 e. The van der Waals surface area contributed by atoms with E-state index in [-0.39, 0.29) is 17.4 Å². The maximum absolute atomic E-state index is 9.21. The molecule has 2 heterocycles. The van der Waals surface area contributed by atoms with Gasteiger partial charge in [-0.25, -0.2) is 0 Å². The molecule has 2 aromatic heterocycles. The quantitative estimate of drug-likeness (QED) is 0.928. The van der Waals surface area contributed by atoms with Gasteiger partial charge < -0.3 is 14.4 Å². The normalized spacial score (nSPS) is 13.5. The van der Waals surface area contributed by atoms with E-state index in [1.54, 1.807) is 6.07 Å². The van der Waals surface area contributed by atoms with Gasteiger partial charge in [-0.3, -0.25) is 0 Å². The summed E-state index contributed by atoms with van der Waals surface area (Å²) in [5.74, 6) is 1.28. The van der Waals surface area contributed by atoms with Crippen LogP contribution < -0.4 is 4.74 Å². The van der Waals surface area contributed by atoms with Crippen molar-refractivity contribution in [3.05, 3.63) is 22.8 Å². The summed E-state index contributed by atoms with van der Waals surface area (Å²) in [7, 11) is 0. The van der Waals surface area contributed by atoms with Gasteiger partial charge in [-0.15, -0.1) is 0 Å². The minimum absolute atomic E-state index is 0.0176. The molecular weight excluding hydrogens is 264 g/mol. The standard InChI is InChI=1S/C13H18N2O3S/c1-8(10-6-11(16)15-19-10)17-12-5-9(18-14-12)7-13(2,3)4/h5-6,8H,7H2,1-4H3,(H,15,16). The third-order valence-corrected chi connectivity index (χ3v) is 3.39. The topological polar surface area (TPSA) is 68.4 Å². The Bertz CT molecular complexity index is 542. The molecule has 0 spiro atoms. The second-order valence-corrected chi connectivity index (χ2v) is 6.55. The lowest BCUT2D eigenvalue weighted by atomic mass is 9.91. The highest BCUT2D eigenvalue weighted by atomic mass is 32.1. The first-order valence-corrected chi connectivity index (χ1v) is 6.89. The van der Waals surface area contributed by atoms with E-state index in [0.29, 0.717) is 5.88 Å². The first kappa shape index (κ1) is 13.9. The second kappa shape index (κ2) is 5.21. The fourth-order valence-electron chi connectivity index (χ4n) is 1.67. The average Bonchev–Trinajstić information content (AvgIpc) is 2.85. The molecule has 2 aromatic rings. The lowest BCUT2D eigenvalue weighted by Gasteiger charge is -2.14. The maximum atomic E-state index is 9.21. The fourth-order valence-corrected chi connectivity index (χ4v) is 2.27. The van der Waals surface area contributed by atoms with Gasteiger partial charge in [-0.2, -0.15) is 4.37 Å². The number of ether oxygens (including phenoxy) is 1. The third kappa shape index (κ3) is 3.96. The van der Waals surface area contributed by atoms with Crippen molar-refractivity contribution in [1.29, 1.82) is 0 Å². The molecule has 19 heavy (non-hydrogen) atoms. The number of aromatic nitrogens is 2. The molecule has 104 valence electrons. The van der Waals surface area contributed by atoms with E-state index in [1.165, 1.54) is 11.5 Å². The maximum Gasteiger partial charge on any atom is 0.254 e. The summed E-state index contributed by atoms with van der Waals surface area (Å²) in [5, 5.41) is 13.1. The summed E-state index contributed by atoms with van der Waals surface area (Å²) < 4.78 is 14.7. The molecule has 1 unspecified atom stereocenters. The lowest BCUT2D eigenvalue weighted by molar-refractivity contribution is 0.205. The van der Waals surface area contributed by atoms with Gasteiger partial charge in [0.2, 0.25) is 5.88 Å². The van der Waals surface area contributed by atoms with E-state index in [9.17, 15) is 5.11 Å². The summed E-state index contributed by atoms with van der Waals surface area (Å²) in [4.78, 5) is 0.845. The molecule has 0 saturated carbocycles. The van der Waals surface area contributed by atoms with Crippen molar-refractivity contribution in [2.24, 2.45) is 5.41 Å². The number of rotatable bonds is 4. The zero-order valence-corrected chi connectivity index (χ0v) is 12.3. The van der Waals surface area contributed by atoms with E-state index in [0.717, 1.165) is 17.1 Å². The molecule has 0 saturated heterocycles. The molecule has 5 nitrogen and oxygen atoms in total. The van der Waals surface area contributed by atoms with Crippen LogP contribution in [0.4, 0.5) is 0 Å². The van der Waals surface area contributed by atoms with Gasteiger partial charge in [-0.1, -0.05) is 20.8 Å². The van der Waals surface area contributed by atoms with Gasteiger partial charge in [0.25, 0.3) is 5.88 Å². The molecule has 0 amide bonds. The number of hydrogen-bond acceptors (Lipinski definition) is 6. The lowest BCUT2D eigenvalue weighted by Crippen LogP contribution is -2.08. The second-order valence-electron chi connectivity index (χ2n) is 5.72. The first-order chi connectivity index (χ1) is 8.83. The highest BCUT2D eigenvalue weighted by molar-refractivity contribution is 7.06. The molecule has 0 radical (unpaired) electrons. The highest BCUT2D eigenvalue weighted by Gasteiger charge is 2.18. The molecule has 6 heteroatoms. The summed E-state index contributed by atoms with van der Waals surface area (Å²) in [5.41, 5.74) is 0.145. The van der Waals surface area contributed by atoms with E-state index in [1.807, 2.05) is 13.0 Å². The molecular formula is C13H18N2O3S. The van der Waals surface area contributed by atoms with Gasteiger partial charge in [-0.05, 0) is 29.0 Å². The average molecular weight is 282 g/mol. The number of aromatic hydroxyl groups is 1. The Labute approximate surface area is 116 Å². The Morgan fingerprint density at radius 1 is 1.42 bits per heavy atom. The molecule has 2 rings (SSSR count). The van der Waals surface area contributed by atoms with Crippen LogP contribution in [0.25, 0.3) is 0 Å². The first-order valence-electron chi connectivity index (χ1n) is 6.11. The summed E-state index contributed by atoms with van der Waals surface area (Å²) in [6.45, 7) is 8.29. The molecule has 0 aliphatic heterocycles. The molecule has 0 bridgehead atoms. The molecule has 0 aliphatic carbocycles. The van der Waals surface area contributed by atoms with Crippen molar-refractivity contribution in [3.8, 4) is 11.8 Å². The van der Waals surface area contributed by atoms with Crippen molar-refractivity contribution in [2.45, 2.75) is 40.2 Å². The Hall–Kier alpha value is -1.56. The van der Waals surface area contributed by atoms with Crippen LogP contribution in [0.3, 0.4) is 0 Å². The fraction of sp³-hybridized carbons (Fsp3) is 0.538. The Balaban J connectivity index is 2.00. The van der Waals surface area contributed by atoms with Crippen molar-refractivity contribution in [2.75, 3.05) is 0 Å². The Kier molecular flexibility index (Phi) is 3.80. The zero-order valence-electron chi connectivity index (χ0n) is 11.5. The smallest absolute Gasteiger partial charge is 0.254 e. The van der Waals surface area contributed by atoms with Crippen LogP contribution in [0, 0.1) is 5.41 Å². The summed E-state index contributed by atoms with van der Waals surface area (Å²) in [6.07, 6.45) is 0.588. The zero-order chi connectivity index (χ0) is 14.0. The SMILES string of the molecule is CC(Oc1cc(CC(C)(C)C)on1)c1cc(O)ns1. The minimum Gasteiger partial charge on any atom is -0.493 e. The summed E-state index contributed by atoms with van der Waals surface area (Å²) in [6, 6.07) is 3.40. The van der Waals surface area contributed by atoms with Crippen LogP contribution in [0.5, 0.6) is 11.8 Å². The van der Waals surface area contributed by atoms with Crippen LogP contribution in [0.1, 0.15) is 44.4 Å². The molecule has 1 atom stereocenters. The van der Waals surface area contributed by atoms with E-state index in [2.05, 4.69) is 30.3 Å². The predicted molar refractivity (Wildman–Crippen MR) is 72.5 cm³/mol. The predicted octanol–water partition coefficient (Wildman–Crippen LogP) is 3.57. The van der Waals surface area contributed by atoms with Gasteiger partial charge >= 0.3 is 0 Å². The van der Waals surface area contributed by atoms with Crippen molar-refractivity contribution < 1.29 is 14.4 Å². The third-order valence-electron chi connectivity index (χ3n) is 2.46. The van der Waals surface area contributed by atoms with Gasteiger partial charge in [0.1, 0.15) is 11.9 Å². The van der Waals surface area contributed by atoms with Crippen LogP contribution in [-0.2, 0) is 6.42 Å². The van der Waals surface area contributed by atoms with Crippen LogP contribution in [0.2, 0.25) is 0 Å². The van der Waals surface area contributed by atoms with E-state index < -0.39 is 0 Å². The van der Waals surface area contributed by atoms with Crippen LogP contribution in [-0.4, -0.2) is 14.6 Å². The van der Waals surface area contributed by atoms with Crippen molar-refractivity contribution in [3.63, 3.8) is 0 Å². The van der Waals surface area contributed by atoms with Crippen molar-refractivity contribution >= 4 is 11.5 Å². The van der Waals surface area contributed by atoms with Crippen molar-refractivity contribution in [1.82, 2.24) is 9.53 Å². The minimum atomic E-state index is -0.217. The Morgan fingerprint density at radius 2 is 2.16 bits per heavy atom. The molecule has 0 aromatic carbocycles. The summed E-state index contributed by atoms with van der Waals surface area (Å²) >= 11 is 1.21. The molecule has 1 N–H and O–H groups in total. The monoisotopic (exact) mass is 282 g/mol.